The molecule has 11 nitrogen and oxygen atoms in total. The highest BCUT2D eigenvalue weighted by atomic mass is 31.2. The van der Waals surface area contributed by atoms with Gasteiger partial charge in [-0.2, -0.15) is 0 Å². The fourth-order valence-electron chi connectivity index (χ4n) is 2.74. The van der Waals surface area contributed by atoms with Gasteiger partial charge >= 0.3 is 12.1 Å². The number of aliphatic hydroxyl groups excluding tert-OH is 1. The standard InChI is InChI=1S/C20H23N2O9P.C2H6/c1-30-18(24)15(21-20(26)31-12-13-5-3-2-4-6-13)9-10-32(28,29)19(25)14-7-8-17(23)16(11-14)22-27;1-2/h2-8,11,15,19,23,25H,9-10,12H2,1H3,(H,21,26)(H,28,29);1-2H3/t15-,19?;/m0./s1. The highest BCUT2D eigenvalue weighted by molar-refractivity contribution is 7.58. The monoisotopic (exact) mass is 496 g/mol. The number of phenolic OH excluding ortho intramolecular Hbond substituents is 1. The smallest absolute Gasteiger partial charge is 0.408 e. The molecule has 0 aliphatic heterocycles. The average molecular weight is 496 g/mol. The van der Waals surface area contributed by atoms with Gasteiger partial charge in [-0.3, -0.25) is 4.57 Å². The van der Waals surface area contributed by atoms with Crippen LogP contribution in [0.1, 0.15) is 37.2 Å². The van der Waals surface area contributed by atoms with Crippen LogP contribution in [0.4, 0.5) is 10.5 Å². The number of nitroso groups, excluding NO2 is 1. The largest absolute Gasteiger partial charge is 0.506 e. The molecule has 0 spiro atoms. The average Bonchev–Trinajstić information content (AvgIpc) is 2.86. The zero-order valence-electron chi connectivity index (χ0n) is 19.1. The number of aromatic hydroxyl groups is 1. The topological polar surface area (TPSA) is 172 Å². The number of rotatable bonds is 10. The summed E-state index contributed by atoms with van der Waals surface area (Å²) >= 11 is 0. The molecule has 34 heavy (non-hydrogen) atoms. The van der Waals surface area contributed by atoms with Crippen molar-refractivity contribution in [3.63, 3.8) is 0 Å². The fourth-order valence-corrected chi connectivity index (χ4v) is 4.24. The number of ether oxygens (including phenoxy) is 2. The number of aliphatic hydroxyl groups is 1. The van der Waals surface area contributed by atoms with Crippen molar-refractivity contribution < 1.29 is 38.7 Å². The normalized spacial score (nSPS) is 13.8. The van der Waals surface area contributed by atoms with Crippen molar-refractivity contribution in [3.8, 4) is 5.75 Å². The molecule has 2 aromatic rings. The predicted molar refractivity (Wildman–Crippen MR) is 125 cm³/mol. The van der Waals surface area contributed by atoms with Gasteiger partial charge in [0.15, 0.2) is 5.85 Å². The van der Waals surface area contributed by atoms with E-state index in [0.717, 1.165) is 30.9 Å². The molecule has 0 heterocycles. The van der Waals surface area contributed by atoms with Gasteiger partial charge in [-0.1, -0.05) is 50.2 Å². The minimum atomic E-state index is -4.33. The van der Waals surface area contributed by atoms with E-state index in [1.165, 1.54) is 0 Å². The van der Waals surface area contributed by atoms with Gasteiger partial charge < -0.3 is 29.9 Å². The van der Waals surface area contributed by atoms with Gasteiger partial charge in [-0.25, -0.2) is 9.59 Å². The summed E-state index contributed by atoms with van der Waals surface area (Å²) in [4.78, 5) is 45.0. The highest BCUT2D eigenvalue weighted by Crippen LogP contribution is 2.55. The summed E-state index contributed by atoms with van der Waals surface area (Å²) in [6.45, 7) is 3.95. The second kappa shape index (κ2) is 14.1. The van der Waals surface area contributed by atoms with Crippen LogP contribution in [0.15, 0.2) is 53.7 Å². The van der Waals surface area contributed by atoms with E-state index in [-0.39, 0.29) is 18.6 Å². The van der Waals surface area contributed by atoms with Gasteiger partial charge in [0.2, 0.25) is 7.37 Å². The van der Waals surface area contributed by atoms with Crippen molar-refractivity contribution in [1.29, 1.82) is 0 Å². The van der Waals surface area contributed by atoms with Crippen molar-refractivity contribution >= 4 is 25.1 Å². The number of hydrogen-bond acceptors (Lipinski definition) is 9. The first kappa shape index (κ1) is 28.8. The quantitative estimate of drug-likeness (QED) is 0.216. The van der Waals surface area contributed by atoms with Crippen LogP contribution in [-0.2, 0) is 25.4 Å². The molecule has 2 aromatic carbocycles. The van der Waals surface area contributed by atoms with Gasteiger partial charge in [0.1, 0.15) is 24.1 Å². The summed E-state index contributed by atoms with van der Waals surface area (Å²) in [7, 11) is -3.24. The van der Waals surface area contributed by atoms with Crippen molar-refractivity contribution in [2.45, 2.75) is 38.8 Å². The Morgan fingerprint density at radius 2 is 1.79 bits per heavy atom. The number of carbonyl (C=O) groups is 2. The fraction of sp³-hybridized carbons (Fsp3) is 0.364. The molecular formula is C22H29N2O9P. The molecule has 0 aliphatic carbocycles. The summed E-state index contributed by atoms with van der Waals surface area (Å²) < 4.78 is 22.3. The third kappa shape index (κ3) is 8.58. The molecule has 12 heteroatoms. The van der Waals surface area contributed by atoms with Crippen molar-refractivity contribution in [1.82, 2.24) is 5.32 Å². The summed E-state index contributed by atoms with van der Waals surface area (Å²) in [6, 6.07) is 10.7. The second-order valence-corrected chi connectivity index (χ2v) is 9.21. The Morgan fingerprint density at radius 3 is 2.38 bits per heavy atom. The molecule has 4 N–H and O–H groups in total. The summed E-state index contributed by atoms with van der Waals surface area (Å²) in [5.74, 6) is -3.23. The van der Waals surface area contributed by atoms with E-state index in [0.29, 0.717) is 0 Å². The Kier molecular flexibility index (Phi) is 11.9. The first-order chi connectivity index (χ1) is 16.2. The number of carbonyl (C=O) groups excluding carboxylic acids is 2. The van der Waals surface area contributed by atoms with Crippen LogP contribution in [0.2, 0.25) is 0 Å². The molecule has 0 aliphatic rings. The van der Waals surface area contributed by atoms with E-state index in [4.69, 9.17) is 4.74 Å². The van der Waals surface area contributed by atoms with Crippen LogP contribution in [0.25, 0.3) is 0 Å². The molecular weight excluding hydrogens is 467 g/mol. The number of esters is 1. The zero-order chi connectivity index (χ0) is 25.7. The molecule has 0 saturated heterocycles. The minimum Gasteiger partial charge on any atom is -0.506 e. The van der Waals surface area contributed by atoms with Gasteiger partial charge in [-0.15, -0.1) is 4.91 Å². The van der Waals surface area contributed by atoms with Crippen molar-refractivity contribution in [3.05, 3.63) is 64.6 Å². The number of hydrogen-bond donors (Lipinski definition) is 4. The lowest BCUT2D eigenvalue weighted by atomic mass is 10.2. The van der Waals surface area contributed by atoms with Gasteiger partial charge in [-0.05, 0) is 34.9 Å². The molecule has 0 bridgehead atoms. The maximum Gasteiger partial charge on any atom is 0.408 e. The Morgan fingerprint density at radius 1 is 1.15 bits per heavy atom. The molecule has 2 unspecified atom stereocenters. The third-order valence-corrected chi connectivity index (χ3v) is 6.47. The molecule has 186 valence electrons. The molecule has 1 amide bonds. The molecule has 2 rings (SSSR count). The lowest BCUT2D eigenvalue weighted by Gasteiger charge is -2.21. The van der Waals surface area contributed by atoms with E-state index < -0.39 is 48.9 Å². The number of nitrogens with one attached hydrogen (secondary N) is 1. The Hall–Kier alpha value is -3.27. The maximum atomic E-state index is 12.6. The number of benzene rings is 2. The van der Waals surface area contributed by atoms with Crippen molar-refractivity contribution in [2.24, 2.45) is 5.18 Å². The number of amides is 1. The van der Waals surface area contributed by atoms with Gasteiger partial charge in [0, 0.05) is 6.16 Å². The summed E-state index contributed by atoms with van der Waals surface area (Å²) in [5, 5.41) is 24.6. The zero-order valence-corrected chi connectivity index (χ0v) is 20.0. The number of methoxy groups -OCH3 is 1. The summed E-state index contributed by atoms with van der Waals surface area (Å²) in [6.07, 6.45) is -1.84. The van der Waals surface area contributed by atoms with E-state index in [2.05, 4.69) is 15.2 Å². The lowest BCUT2D eigenvalue weighted by molar-refractivity contribution is -0.143. The third-order valence-electron chi connectivity index (χ3n) is 4.51. The first-order valence-electron chi connectivity index (χ1n) is 10.4. The number of phenols is 1. The number of nitrogens with zero attached hydrogens (tertiary/aromatic N) is 1. The lowest BCUT2D eigenvalue weighted by Crippen LogP contribution is -2.42. The second-order valence-electron chi connectivity index (χ2n) is 6.76. The van der Waals surface area contributed by atoms with E-state index >= 15 is 0 Å². The van der Waals surface area contributed by atoms with E-state index in [1.54, 1.807) is 30.3 Å². The van der Waals surface area contributed by atoms with Gasteiger partial charge in [0.25, 0.3) is 0 Å². The van der Waals surface area contributed by atoms with Gasteiger partial charge in [0.05, 0.1) is 7.11 Å². The Labute approximate surface area is 197 Å². The molecule has 3 atom stereocenters. The van der Waals surface area contributed by atoms with Crippen LogP contribution in [0, 0.1) is 4.91 Å². The van der Waals surface area contributed by atoms with Crippen LogP contribution < -0.4 is 5.32 Å². The SMILES string of the molecule is CC.COC(=O)[C@H](CCP(=O)(O)C(O)c1ccc(O)c(N=O)c1)NC(=O)OCc1ccccc1. The number of alkyl carbamates (subject to hydrolysis) is 1. The maximum absolute atomic E-state index is 12.6. The Bertz CT molecular complexity index is 1000. The molecule has 0 fully saturated rings. The van der Waals surface area contributed by atoms with Crippen molar-refractivity contribution in [2.75, 3.05) is 13.3 Å². The predicted octanol–water partition coefficient (Wildman–Crippen LogP) is 3.94. The van der Waals surface area contributed by atoms with Crippen LogP contribution in [-0.4, -0.2) is 46.5 Å². The highest BCUT2D eigenvalue weighted by Gasteiger charge is 2.34. The molecule has 0 saturated carbocycles. The minimum absolute atomic E-state index is 0.0499. The Balaban J connectivity index is 0.00000281. The first-order valence-corrected chi connectivity index (χ1v) is 12.3. The van der Waals surface area contributed by atoms with Crippen LogP contribution >= 0.6 is 7.37 Å². The molecule has 0 aromatic heterocycles. The summed E-state index contributed by atoms with van der Waals surface area (Å²) in [5.41, 5.74) is 0.197. The van der Waals surface area contributed by atoms with Crippen LogP contribution in [0.3, 0.4) is 0 Å². The van der Waals surface area contributed by atoms with E-state index in [1.807, 2.05) is 13.8 Å². The van der Waals surface area contributed by atoms with Crippen LogP contribution in [0.5, 0.6) is 5.75 Å². The molecule has 0 radical (unpaired) electrons. The van der Waals surface area contributed by atoms with E-state index in [9.17, 15) is 34.2 Å².